The van der Waals surface area contributed by atoms with Crippen molar-refractivity contribution in [2.45, 2.75) is 46.3 Å². The van der Waals surface area contributed by atoms with Crippen molar-refractivity contribution in [3.05, 3.63) is 50.8 Å². The van der Waals surface area contributed by atoms with Crippen molar-refractivity contribution in [2.24, 2.45) is 5.92 Å². The van der Waals surface area contributed by atoms with Crippen molar-refractivity contribution in [3.63, 3.8) is 0 Å². The largest absolute Gasteiger partial charge is 0.486 e. The fourth-order valence-corrected chi connectivity index (χ4v) is 3.52. The molecule has 6 nitrogen and oxygen atoms in total. The Balaban J connectivity index is 0.000000552. The van der Waals surface area contributed by atoms with Crippen molar-refractivity contribution < 1.29 is 19.4 Å². The molecule has 3 heterocycles. The first kappa shape index (κ1) is 21.4. The van der Waals surface area contributed by atoms with Crippen LogP contribution in [0.3, 0.4) is 0 Å². The number of carbonyl (C=O) groups is 1. The summed E-state index contributed by atoms with van der Waals surface area (Å²) in [4.78, 5) is 23.2. The van der Waals surface area contributed by atoms with Crippen molar-refractivity contribution in [1.29, 1.82) is 0 Å². The van der Waals surface area contributed by atoms with Crippen LogP contribution in [0.25, 0.3) is 11.3 Å². The molecule has 2 aliphatic heterocycles. The van der Waals surface area contributed by atoms with Crippen molar-refractivity contribution in [2.75, 3.05) is 13.2 Å². The molecule has 156 valence electrons. The lowest BCUT2D eigenvalue weighted by Crippen LogP contribution is -2.22. The molecule has 1 unspecified atom stereocenters. The summed E-state index contributed by atoms with van der Waals surface area (Å²) in [5.41, 5.74) is 1.81. The third-order valence-electron chi connectivity index (χ3n) is 4.60. The lowest BCUT2D eigenvalue weighted by molar-refractivity contribution is 0.0694. The van der Waals surface area contributed by atoms with Gasteiger partial charge in [0.2, 0.25) is 0 Å². The maximum Gasteiger partial charge on any atom is 0.341 e. The predicted molar refractivity (Wildman–Crippen MR) is 112 cm³/mol. The molecule has 0 radical (unpaired) electrons. The highest BCUT2D eigenvalue weighted by Gasteiger charge is 2.23. The van der Waals surface area contributed by atoms with Gasteiger partial charge in [-0.15, -0.1) is 0 Å². The molecule has 2 aliphatic rings. The molecule has 1 aromatic heterocycles. The first-order chi connectivity index (χ1) is 13.8. The van der Waals surface area contributed by atoms with Gasteiger partial charge >= 0.3 is 5.97 Å². The van der Waals surface area contributed by atoms with Crippen LogP contribution in [-0.2, 0) is 17.7 Å². The third kappa shape index (κ3) is 5.00. The molecule has 1 aromatic carbocycles. The zero-order valence-electron chi connectivity index (χ0n) is 16.9. The van der Waals surface area contributed by atoms with Gasteiger partial charge < -0.3 is 19.1 Å². The number of benzene rings is 1. The summed E-state index contributed by atoms with van der Waals surface area (Å²) < 4.78 is 13.0. The monoisotopic (exact) mass is 419 g/mol. The maximum absolute atomic E-state index is 12.1. The number of aromatic carboxylic acids is 1. The minimum absolute atomic E-state index is 0.00664. The second kappa shape index (κ2) is 9.01. The third-order valence-corrected chi connectivity index (χ3v) is 4.89. The number of pyridine rings is 1. The van der Waals surface area contributed by atoms with Crippen molar-refractivity contribution in [3.8, 4) is 17.0 Å². The van der Waals surface area contributed by atoms with Gasteiger partial charge in [0.15, 0.2) is 5.43 Å². The topological polar surface area (TPSA) is 77.8 Å². The number of ether oxygens (including phenoxy) is 2. The zero-order chi connectivity index (χ0) is 21.1. The summed E-state index contributed by atoms with van der Waals surface area (Å²) in [5, 5.41) is 9.58. The molecular weight excluding hydrogens is 394 g/mol. The molecule has 1 atom stereocenters. The van der Waals surface area contributed by atoms with Crippen LogP contribution in [0.15, 0.2) is 29.2 Å². The summed E-state index contributed by atoms with van der Waals surface area (Å²) in [6.45, 7) is 8.34. The minimum atomic E-state index is -1.22. The van der Waals surface area contributed by atoms with E-state index in [1.165, 1.54) is 12.3 Å². The fourth-order valence-electron chi connectivity index (χ4n) is 3.31. The number of aromatic nitrogens is 1. The standard InChI is InChI=1S/C18H16ClNO5.C4H10/c19-14-6-12-10(5-17(14)25-11-2-4-24-9-11)1-3-20-8-13(18(22)23)16(21)7-15(12)20;1-4(2)3/h5-8,11H,1-4,9H2,(H,22,23);4H,1-3H3. The van der Waals surface area contributed by atoms with Gasteiger partial charge in [0.25, 0.3) is 0 Å². The van der Waals surface area contributed by atoms with Crippen molar-refractivity contribution in [1.82, 2.24) is 4.57 Å². The first-order valence-corrected chi connectivity index (χ1v) is 10.2. The number of rotatable bonds is 3. The number of aryl methyl sites for hydroxylation is 2. The molecule has 0 aliphatic carbocycles. The van der Waals surface area contributed by atoms with Crippen molar-refractivity contribution >= 4 is 17.6 Å². The molecule has 2 aromatic rings. The van der Waals surface area contributed by atoms with Gasteiger partial charge in [0.1, 0.15) is 17.4 Å². The highest BCUT2D eigenvalue weighted by atomic mass is 35.5. The lowest BCUT2D eigenvalue weighted by Gasteiger charge is -2.24. The number of nitrogens with zero attached hydrogens (tertiary/aromatic N) is 1. The second-order valence-electron chi connectivity index (χ2n) is 7.96. The predicted octanol–water partition coefficient (Wildman–Crippen LogP) is 4.25. The SMILES string of the molecule is CC(C)C.O=C(O)c1cn2c(cc1=O)-c1cc(Cl)c(OC3CCOC3)cc1CC2. The molecule has 0 bridgehead atoms. The average Bonchev–Trinajstić information content (AvgIpc) is 3.14. The van der Waals surface area contributed by atoms with E-state index < -0.39 is 11.4 Å². The maximum atomic E-state index is 12.1. The Morgan fingerprint density at radius 2 is 2.03 bits per heavy atom. The van der Waals surface area contributed by atoms with Crippen LogP contribution in [0.1, 0.15) is 43.1 Å². The summed E-state index contributed by atoms with van der Waals surface area (Å²) >= 11 is 6.38. The Bertz CT molecular complexity index is 958. The van der Waals surface area contributed by atoms with Crippen LogP contribution < -0.4 is 10.2 Å². The minimum Gasteiger partial charge on any atom is -0.486 e. The molecular formula is C22H26ClNO5. The molecule has 7 heteroatoms. The van der Waals surface area contributed by atoms with E-state index in [2.05, 4.69) is 20.8 Å². The van der Waals surface area contributed by atoms with Gasteiger partial charge in [0, 0.05) is 30.8 Å². The Morgan fingerprint density at radius 1 is 1.31 bits per heavy atom. The van der Waals surface area contributed by atoms with E-state index in [-0.39, 0.29) is 11.7 Å². The van der Waals surface area contributed by atoms with E-state index in [1.807, 2.05) is 6.07 Å². The Morgan fingerprint density at radius 3 is 2.66 bits per heavy atom. The van der Waals surface area contributed by atoms with E-state index in [0.29, 0.717) is 42.6 Å². The number of carboxylic acid groups (broad SMARTS) is 1. The molecule has 0 saturated carbocycles. The molecule has 0 spiro atoms. The second-order valence-corrected chi connectivity index (χ2v) is 8.37. The van der Waals surface area contributed by atoms with Crippen LogP contribution in [-0.4, -0.2) is 35.0 Å². The van der Waals surface area contributed by atoms with Crippen LogP contribution >= 0.6 is 11.6 Å². The van der Waals surface area contributed by atoms with E-state index in [4.69, 9.17) is 26.2 Å². The van der Waals surface area contributed by atoms with Crippen LogP contribution in [0.2, 0.25) is 5.02 Å². The van der Waals surface area contributed by atoms with E-state index in [0.717, 1.165) is 23.5 Å². The van der Waals surface area contributed by atoms with Gasteiger partial charge in [-0.05, 0) is 30.0 Å². The van der Waals surface area contributed by atoms with Crippen LogP contribution in [0.5, 0.6) is 5.75 Å². The highest BCUT2D eigenvalue weighted by molar-refractivity contribution is 6.32. The summed E-state index contributed by atoms with van der Waals surface area (Å²) in [7, 11) is 0. The smallest absolute Gasteiger partial charge is 0.341 e. The number of hydrogen-bond acceptors (Lipinski definition) is 4. The number of halogens is 1. The lowest BCUT2D eigenvalue weighted by atomic mass is 9.96. The summed E-state index contributed by atoms with van der Waals surface area (Å²) in [6.07, 6.45) is 2.95. The molecule has 0 amide bonds. The highest BCUT2D eigenvalue weighted by Crippen LogP contribution is 2.37. The normalized spacial score (nSPS) is 17.2. The molecule has 1 N–H and O–H groups in total. The Hall–Kier alpha value is -2.31. The van der Waals surface area contributed by atoms with Gasteiger partial charge in [-0.2, -0.15) is 0 Å². The molecule has 1 fully saturated rings. The first-order valence-electron chi connectivity index (χ1n) is 9.81. The van der Waals surface area contributed by atoms with Gasteiger partial charge in [-0.3, -0.25) is 4.79 Å². The Labute approximate surface area is 175 Å². The zero-order valence-corrected chi connectivity index (χ0v) is 17.7. The molecule has 4 rings (SSSR count). The van der Waals surface area contributed by atoms with Crippen LogP contribution in [0, 0.1) is 5.92 Å². The molecule has 1 saturated heterocycles. The van der Waals surface area contributed by atoms with Crippen LogP contribution in [0.4, 0.5) is 0 Å². The van der Waals surface area contributed by atoms with Gasteiger partial charge in [0.05, 0.1) is 23.9 Å². The molecule has 29 heavy (non-hydrogen) atoms. The Kier molecular flexibility index (Phi) is 6.65. The van der Waals surface area contributed by atoms with Gasteiger partial charge in [-0.25, -0.2) is 4.79 Å². The van der Waals surface area contributed by atoms with E-state index >= 15 is 0 Å². The quantitative estimate of drug-likeness (QED) is 0.804. The summed E-state index contributed by atoms with van der Waals surface area (Å²) in [5.74, 6) is 0.237. The van der Waals surface area contributed by atoms with Gasteiger partial charge in [-0.1, -0.05) is 32.4 Å². The fraction of sp³-hybridized carbons (Fsp3) is 0.455. The number of fused-ring (bicyclic) bond motifs is 3. The number of hydrogen-bond donors (Lipinski definition) is 1. The average molecular weight is 420 g/mol. The number of carboxylic acids is 1. The van der Waals surface area contributed by atoms with E-state index in [9.17, 15) is 9.59 Å². The van der Waals surface area contributed by atoms with E-state index in [1.54, 1.807) is 10.6 Å². The summed E-state index contributed by atoms with van der Waals surface area (Å²) in [6, 6.07) is 5.06.